The van der Waals surface area contributed by atoms with Crippen molar-refractivity contribution in [3.8, 4) is 17.2 Å². The van der Waals surface area contributed by atoms with Gasteiger partial charge in [-0.1, -0.05) is 24.0 Å². The summed E-state index contributed by atoms with van der Waals surface area (Å²) in [7, 11) is 4.59. The average molecular weight is 326 g/mol. The highest BCUT2D eigenvalue weighted by atomic mass is 32.2. The van der Waals surface area contributed by atoms with Crippen LogP contribution in [-0.4, -0.2) is 48.5 Å². The number of thioether (sulfide) groups is 1. The standard InChI is InChI=1S/C13H14N2O4S2/c1-17-9-5-4-8(11(18-2)12(9)19-3)6-14-15-10(16)7-21-13(15)20/h4-6H,7H2,1-3H3/b14-6+. The van der Waals surface area contributed by atoms with Gasteiger partial charge in [0, 0.05) is 5.56 Å². The maximum atomic E-state index is 11.6. The first kappa shape index (κ1) is 15.6. The summed E-state index contributed by atoms with van der Waals surface area (Å²) in [5.74, 6) is 1.68. The number of nitrogens with zero attached hydrogens (tertiary/aromatic N) is 2. The lowest BCUT2D eigenvalue weighted by molar-refractivity contribution is -0.123. The molecule has 1 aliphatic rings. The van der Waals surface area contributed by atoms with Gasteiger partial charge in [0.25, 0.3) is 5.91 Å². The Morgan fingerprint density at radius 1 is 1.24 bits per heavy atom. The van der Waals surface area contributed by atoms with Crippen molar-refractivity contribution < 1.29 is 19.0 Å². The van der Waals surface area contributed by atoms with Gasteiger partial charge in [0.2, 0.25) is 5.75 Å². The molecule has 21 heavy (non-hydrogen) atoms. The molecule has 0 radical (unpaired) electrons. The second kappa shape index (κ2) is 6.77. The fourth-order valence-electron chi connectivity index (χ4n) is 1.81. The number of hydrogen-bond donors (Lipinski definition) is 0. The van der Waals surface area contributed by atoms with Gasteiger partial charge in [-0.25, -0.2) is 0 Å². The lowest BCUT2D eigenvalue weighted by Crippen LogP contribution is -2.22. The van der Waals surface area contributed by atoms with Crippen molar-refractivity contribution in [1.82, 2.24) is 5.01 Å². The Labute approximate surface area is 132 Å². The zero-order valence-electron chi connectivity index (χ0n) is 11.8. The molecule has 1 fully saturated rings. The van der Waals surface area contributed by atoms with Crippen molar-refractivity contribution in [3.63, 3.8) is 0 Å². The molecular weight excluding hydrogens is 312 g/mol. The third-order valence-corrected chi connectivity index (χ3v) is 4.11. The molecule has 0 bridgehead atoms. The lowest BCUT2D eigenvalue weighted by atomic mass is 10.2. The Bertz CT molecular complexity index is 588. The number of ether oxygens (including phenoxy) is 3. The van der Waals surface area contributed by atoms with Gasteiger partial charge in [-0.05, 0) is 12.1 Å². The second-order valence-corrected chi connectivity index (χ2v) is 5.54. The highest BCUT2D eigenvalue weighted by Crippen LogP contribution is 2.39. The van der Waals surface area contributed by atoms with E-state index in [1.807, 2.05) is 0 Å². The van der Waals surface area contributed by atoms with Crippen LogP contribution in [0.2, 0.25) is 0 Å². The van der Waals surface area contributed by atoms with E-state index in [4.69, 9.17) is 26.4 Å². The monoisotopic (exact) mass is 326 g/mol. The molecular formula is C13H14N2O4S2. The van der Waals surface area contributed by atoms with Gasteiger partial charge in [-0.15, -0.1) is 0 Å². The Balaban J connectivity index is 2.36. The van der Waals surface area contributed by atoms with Crippen LogP contribution in [0.3, 0.4) is 0 Å². The van der Waals surface area contributed by atoms with Crippen LogP contribution in [0, 0.1) is 0 Å². The Hall–Kier alpha value is -1.80. The summed E-state index contributed by atoms with van der Waals surface area (Å²) in [5.41, 5.74) is 0.655. The molecule has 112 valence electrons. The summed E-state index contributed by atoms with van der Waals surface area (Å²) in [6, 6.07) is 3.50. The molecule has 0 saturated carbocycles. The van der Waals surface area contributed by atoms with Crippen LogP contribution in [0.5, 0.6) is 17.2 Å². The molecule has 1 heterocycles. The topological polar surface area (TPSA) is 60.4 Å². The number of benzene rings is 1. The summed E-state index contributed by atoms with van der Waals surface area (Å²) in [5, 5.41) is 5.32. The van der Waals surface area contributed by atoms with E-state index in [0.717, 1.165) is 0 Å². The van der Waals surface area contributed by atoms with Crippen molar-refractivity contribution in [2.45, 2.75) is 0 Å². The van der Waals surface area contributed by atoms with Crippen LogP contribution in [0.25, 0.3) is 0 Å². The summed E-state index contributed by atoms with van der Waals surface area (Å²) in [4.78, 5) is 11.6. The molecule has 1 amide bonds. The van der Waals surface area contributed by atoms with Crippen molar-refractivity contribution >= 4 is 40.4 Å². The molecule has 0 aliphatic carbocycles. The Kier molecular flexibility index (Phi) is 5.03. The molecule has 0 unspecified atom stereocenters. The van der Waals surface area contributed by atoms with E-state index in [9.17, 15) is 4.79 Å². The Morgan fingerprint density at radius 2 is 1.95 bits per heavy atom. The predicted molar refractivity (Wildman–Crippen MR) is 85.6 cm³/mol. The SMILES string of the molecule is COc1ccc(/C=N/N2C(=O)CSC2=S)c(OC)c1OC. The second-order valence-electron chi connectivity index (χ2n) is 3.93. The van der Waals surface area contributed by atoms with Gasteiger partial charge >= 0.3 is 0 Å². The molecule has 0 aromatic heterocycles. The van der Waals surface area contributed by atoms with Gasteiger partial charge in [0.1, 0.15) is 0 Å². The molecule has 6 nitrogen and oxygen atoms in total. The number of methoxy groups -OCH3 is 3. The number of rotatable bonds is 5. The Morgan fingerprint density at radius 3 is 2.48 bits per heavy atom. The number of carbonyl (C=O) groups excluding carboxylic acids is 1. The quantitative estimate of drug-likeness (QED) is 0.608. The minimum Gasteiger partial charge on any atom is -0.493 e. The van der Waals surface area contributed by atoms with Crippen LogP contribution >= 0.6 is 24.0 Å². The first-order chi connectivity index (χ1) is 10.1. The molecule has 0 spiro atoms. The van der Waals surface area contributed by atoms with E-state index in [0.29, 0.717) is 32.9 Å². The highest BCUT2D eigenvalue weighted by Gasteiger charge is 2.26. The number of thiocarbonyl (C=S) groups is 1. The third-order valence-electron chi connectivity index (χ3n) is 2.78. The molecule has 0 atom stereocenters. The minimum atomic E-state index is -0.138. The van der Waals surface area contributed by atoms with E-state index in [1.165, 1.54) is 37.2 Å². The van der Waals surface area contributed by atoms with Crippen LogP contribution in [-0.2, 0) is 4.79 Å². The summed E-state index contributed by atoms with van der Waals surface area (Å²) in [6.45, 7) is 0. The first-order valence-electron chi connectivity index (χ1n) is 5.95. The minimum absolute atomic E-state index is 0.138. The zero-order valence-corrected chi connectivity index (χ0v) is 13.4. The van der Waals surface area contributed by atoms with E-state index in [2.05, 4.69) is 5.10 Å². The molecule has 8 heteroatoms. The van der Waals surface area contributed by atoms with Crippen LogP contribution < -0.4 is 14.2 Å². The third kappa shape index (κ3) is 3.11. The van der Waals surface area contributed by atoms with Crippen molar-refractivity contribution in [2.24, 2.45) is 5.10 Å². The molecule has 2 rings (SSSR count). The van der Waals surface area contributed by atoms with Gasteiger partial charge in [-0.2, -0.15) is 10.1 Å². The normalized spacial score (nSPS) is 14.9. The first-order valence-corrected chi connectivity index (χ1v) is 7.34. The molecule has 1 saturated heterocycles. The van der Waals surface area contributed by atoms with E-state index in [-0.39, 0.29) is 5.91 Å². The van der Waals surface area contributed by atoms with E-state index >= 15 is 0 Å². The fraction of sp³-hybridized carbons (Fsp3) is 0.308. The molecule has 0 N–H and O–H groups in total. The van der Waals surface area contributed by atoms with Gasteiger partial charge in [0.05, 0.1) is 33.3 Å². The van der Waals surface area contributed by atoms with E-state index < -0.39 is 0 Å². The highest BCUT2D eigenvalue weighted by molar-refractivity contribution is 8.23. The van der Waals surface area contributed by atoms with Crippen LogP contribution in [0.15, 0.2) is 17.2 Å². The van der Waals surface area contributed by atoms with Gasteiger partial charge in [0.15, 0.2) is 15.8 Å². The number of hydrazone groups is 1. The summed E-state index contributed by atoms with van der Waals surface area (Å²) in [6.07, 6.45) is 1.51. The maximum Gasteiger partial charge on any atom is 0.259 e. The molecule has 1 aliphatic heterocycles. The fourth-order valence-corrected chi connectivity index (χ4v) is 2.77. The number of carbonyl (C=O) groups is 1. The summed E-state index contributed by atoms with van der Waals surface area (Å²) < 4.78 is 16.3. The summed E-state index contributed by atoms with van der Waals surface area (Å²) >= 11 is 6.35. The molecule has 1 aromatic carbocycles. The predicted octanol–water partition coefficient (Wildman–Crippen LogP) is 1.91. The van der Waals surface area contributed by atoms with E-state index in [1.54, 1.807) is 19.2 Å². The van der Waals surface area contributed by atoms with Crippen molar-refractivity contribution in [2.75, 3.05) is 27.1 Å². The van der Waals surface area contributed by atoms with Crippen molar-refractivity contribution in [1.29, 1.82) is 0 Å². The molecule has 1 aromatic rings. The van der Waals surface area contributed by atoms with Crippen molar-refractivity contribution in [3.05, 3.63) is 17.7 Å². The van der Waals surface area contributed by atoms with Gasteiger partial charge in [-0.3, -0.25) is 4.79 Å². The van der Waals surface area contributed by atoms with Crippen LogP contribution in [0.1, 0.15) is 5.56 Å². The number of amides is 1. The largest absolute Gasteiger partial charge is 0.493 e. The smallest absolute Gasteiger partial charge is 0.259 e. The maximum absolute atomic E-state index is 11.6. The van der Waals surface area contributed by atoms with Crippen LogP contribution in [0.4, 0.5) is 0 Å². The number of hydrogen-bond acceptors (Lipinski definition) is 7. The lowest BCUT2D eigenvalue weighted by Gasteiger charge is -2.14. The van der Waals surface area contributed by atoms with Gasteiger partial charge < -0.3 is 14.2 Å². The average Bonchev–Trinajstić information content (AvgIpc) is 2.82. The zero-order chi connectivity index (χ0) is 15.4.